The molecule has 2 aromatic rings. The number of nitrogens with one attached hydrogen (secondary N) is 1. The second-order valence-corrected chi connectivity index (χ2v) is 8.54. The van der Waals surface area contributed by atoms with Crippen molar-refractivity contribution in [2.24, 2.45) is 0 Å². The molecule has 0 saturated carbocycles. The van der Waals surface area contributed by atoms with Gasteiger partial charge in [-0.05, 0) is 43.8 Å². The van der Waals surface area contributed by atoms with Gasteiger partial charge in [0.1, 0.15) is 0 Å². The van der Waals surface area contributed by atoms with Crippen molar-refractivity contribution in [3.8, 4) is 0 Å². The van der Waals surface area contributed by atoms with E-state index in [1.165, 1.54) is 10.4 Å². The highest BCUT2D eigenvalue weighted by molar-refractivity contribution is 7.10. The molecule has 26 heavy (non-hydrogen) atoms. The van der Waals surface area contributed by atoms with Crippen LogP contribution >= 0.6 is 11.3 Å². The Morgan fingerprint density at radius 3 is 3.00 bits per heavy atom. The first-order valence-electron chi connectivity index (χ1n) is 9.22. The topological polar surface area (TPSA) is 59.4 Å². The van der Waals surface area contributed by atoms with E-state index in [9.17, 15) is 4.79 Å². The number of thiophene rings is 1. The molecule has 2 fully saturated rings. The van der Waals surface area contributed by atoms with Gasteiger partial charge in [-0.1, -0.05) is 0 Å². The summed E-state index contributed by atoms with van der Waals surface area (Å²) < 4.78 is 8.22. The van der Waals surface area contributed by atoms with Crippen LogP contribution in [0.1, 0.15) is 41.9 Å². The van der Waals surface area contributed by atoms with Gasteiger partial charge in [0.2, 0.25) is 0 Å². The molecule has 0 aromatic carbocycles. The Morgan fingerprint density at radius 2 is 2.31 bits per heavy atom. The minimum Gasteiger partial charge on any atom is -0.361 e. The molecule has 0 unspecified atom stereocenters. The number of likely N-dealkylation sites (tertiary alicyclic amines) is 1. The van der Waals surface area contributed by atoms with Crippen LogP contribution in [0.2, 0.25) is 0 Å². The van der Waals surface area contributed by atoms with Crippen molar-refractivity contribution >= 4 is 17.2 Å². The Morgan fingerprint density at radius 1 is 1.46 bits per heavy atom. The van der Waals surface area contributed by atoms with Crippen molar-refractivity contribution in [1.82, 2.24) is 20.0 Å². The summed E-state index contributed by atoms with van der Waals surface area (Å²) in [5, 5.41) is 9.65. The van der Waals surface area contributed by atoms with Crippen LogP contribution in [0.5, 0.6) is 0 Å². The Hall–Kier alpha value is -1.70. The number of carbonyl (C=O) groups is 1. The lowest BCUT2D eigenvalue weighted by molar-refractivity contribution is -0.155. The monoisotopic (exact) mass is 374 g/mol. The number of hydrogen-bond donors (Lipinski definition) is 1. The molecular weight excluding hydrogens is 348 g/mol. The highest BCUT2D eigenvalue weighted by Crippen LogP contribution is 2.41. The van der Waals surface area contributed by atoms with E-state index < -0.39 is 5.60 Å². The average Bonchev–Trinajstić information content (AvgIpc) is 3.31. The first-order chi connectivity index (χ1) is 12.5. The number of aromatic nitrogens is 2. The normalized spacial score (nSPS) is 26.8. The molecule has 7 heteroatoms. The van der Waals surface area contributed by atoms with Crippen LogP contribution in [0.25, 0.3) is 0 Å². The number of hydrogen-bond acceptors (Lipinski definition) is 5. The van der Waals surface area contributed by atoms with Crippen LogP contribution in [0, 0.1) is 6.92 Å². The molecule has 6 nitrogen and oxygen atoms in total. The molecule has 2 aliphatic rings. The summed E-state index contributed by atoms with van der Waals surface area (Å²) in [5.74, 6) is -0.0105. The third kappa shape index (κ3) is 2.88. The molecule has 4 rings (SSSR count). The van der Waals surface area contributed by atoms with Crippen molar-refractivity contribution < 1.29 is 9.53 Å². The number of ether oxygens (including phenoxy) is 1. The standard InChI is InChI=1S/C19H26N4O2S/c1-13(2)23-16(4-6-21-23)15-10-22(11-17-14(3)5-9-26-17)12-19(15)18(24)20-7-8-25-19/h4-6,9,13,15H,7-8,10-12H2,1-3H3,(H,20,24)/t15-,19+/m0/s1. The molecule has 4 heterocycles. The maximum atomic E-state index is 12.9. The largest absolute Gasteiger partial charge is 0.361 e. The SMILES string of the molecule is Cc1ccsc1CN1C[C@@H](c2ccnn2C(C)C)[C@@]2(C1)OCCNC2=O. The van der Waals surface area contributed by atoms with Gasteiger partial charge in [-0.3, -0.25) is 14.4 Å². The third-order valence-corrected chi connectivity index (χ3v) is 6.48. The van der Waals surface area contributed by atoms with E-state index in [4.69, 9.17) is 4.74 Å². The number of nitrogens with zero attached hydrogens (tertiary/aromatic N) is 3. The lowest BCUT2D eigenvalue weighted by Crippen LogP contribution is -2.59. The smallest absolute Gasteiger partial charge is 0.254 e. The fraction of sp³-hybridized carbons (Fsp3) is 0.579. The number of amides is 1. The van der Waals surface area contributed by atoms with Gasteiger partial charge in [-0.2, -0.15) is 5.10 Å². The zero-order chi connectivity index (χ0) is 18.3. The second kappa shape index (κ2) is 6.79. The quantitative estimate of drug-likeness (QED) is 0.892. The maximum absolute atomic E-state index is 12.9. The molecule has 2 saturated heterocycles. The van der Waals surface area contributed by atoms with Gasteiger partial charge in [0, 0.05) is 49.0 Å². The van der Waals surface area contributed by atoms with Gasteiger partial charge in [-0.15, -0.1) is 11.3 Å². The van der Waals surface area contributed by atoms with Crippen LogP contribution < -0.4 is 5.32 Å². The van der Waals surface area contributed by atoms with Crippen molar-refractivity contribution in [1.29, 1.82) is 0 Å². The maximum Gasteiger partial charge on any atom is 0.254 e. The summed E-state index contributed by atoms with van der Waals surface area (Å²) in [6, 6.07) is 4.44. The van der Waals surface area contributed by atoms with Crippen molar-refractivity contribution in [3.63, 3.8) is 0 Å². The van der Waals surface area contributed by atoms with Crippen molar-refractivity contribution in [2.75, 3.05) is 26.2 Å². The summed E-state index contributed by atoms with van der Waals surface area (Å²) in [7, 11) is 0. The molecule has 2 aromatic heterocycles. The lowest BCUT2D eigenvalue weighted by Gasteiger charge is -2.37. The van der Waals surface area contributed by atoms with Crippen LogP contribution in [0.4, 0.5) is 0 Å². The number of morpholine rings is 1. The number of rotatable bonds is 4. The predicted octanol–water partition coefficient (Wildman–Crippen LogP) is 2.32. The highest BCUT2D eigenvalue weighted by atomic mass is 32.1. The first kappa shape index (κ1) is 17.7. The van der Waals surface area contributed by atoms with Gasteiger partial charge in [-0.25, -0.2) is 0 Å². The van der Waals surface area contributed by atoms with Gasteiger partial charge >= 0.3 is 0 Å². The summed E-state index contributed by atoms with van der Waals surface area (Å²) in [5.41, 5.74) is 1.58. The fourth-order valence-corrected chi connectivity index (χ4v) is 5.10. The van der Waals surface area contributed by atoms with E-state index in [1.807, 2.05) is 16.9 Å². The van der Waals surface area contributed by atoms with Crippen LogP contribution in [-0.4, -0.2) is 52.4 Å². The van der Waals surface area contributed by atoms with Gasteiger partial charge in [0.05, 0.1) is 12.5 Å². The highest BCUT2D eigenvalue weighted by Gasteiger charge is 2.56. The molecule has 2 atom stereocenters. The van der Waals surface area contributed by atoms with Crippen molar-refractivity contribution in [3.05, 3.63) is 39.8 Å². The Bertz CT molecular complexity index is 799. The molecule has 140 valence electrons. The van der Waals surface area contributed by atoms with E-state index in [-0.39, 0.29) is 17.9 Å². The molecule has 0 bridgehead atoms. The lowest BCUT2D eigenvalue weighted by atomic mass is 9.86. The molecule has 1 amide bonds. The first-order valence-corrected chi connectivity index (χ1v) is 10.1. The molecule has 2 aliphatic heterocycles. The van der Waals surface area contributed by atoms with Crippen LogP contribution in [0.15, 0.2) is 23.7 Å². The summed E-state index contributed by atoms with van der Waals surface area (Å²) in [6.45, 7) is 9.79. The number of carbonyl (C=O) groups excluding carboxylic acids is 1. The fourth-order valence-electron chi connectivity index (χ4n) is 4.16. The summed E-state index contributed by atoms with van der Waals surface area (Å²) in [4.78, 5) is 16.6. The molecular formula is C19H26N4O2S. The van der Waals surface area contributed by atoms with E-state index in [1.54, 1.807) is 11.3 Å². The molecule has 1 spiro atoms. The molecule has 0 radical (unpaired) electrons. The third-order valence-electron chi connectivity index (χ3n) is 5.48. The molecule has 0 aliphatic carbocycles. The minimum atomic E-state index is -0.823. The second-order valence-electron chi connectivity index (χ2n) is 7.54. The van der Waals surface area contributed by atoms with E-state index in [2.05, 4.69) is 47.5 Å². The average molecular weight is 375 g/mol. The van der Waals surface area contributed by atoms with Crippen molar-refractivity contribution in [2.45, 2.75) is 44.9 Å². The minimum absolute atomic E-state index is 0.00987. The predicted molar refractivity (Wildman–Crippen MR) is 101 cm³/mol. The van der Waals surface area contributed by atoms with Gasteiger partial charge < -0.3 is 10.1 Å². The summed E-state index contributed by atoms with van der Waals surface area (Å²) >= 11 is 1.78. The summed E-state index contributed by atoms with van der Waals surface area (Å²) in [6.07, 6.45) is 1.83. The van der Waals surface area contributed by atoms with E-state index in [0.717, 1.165) is 18.8 Å². The van der Waals surface area contributed by atoms with Gasteiger partial charge in [0.25, 0.3) is 5.91 Å². The van der Waals surface area contributed by atoms with Gasteiger partial charge in [0.15, 0.2) is 5.60 Å². The Balaban J connectivity index is 1.68. The zero-order valence-corrected chi connectivity index (χ0v) is 16.4. The van der Waals surface area contributed by atoms with E-state index >= 15 is 0 Å². The zero-order valence-electron chi connectivity index (χ0n) is 15.6. The number of aryl methyl sites for hydroxylation is 1. The Kier molecular flexibility index (Phi) is 4.62. The van der Waals surface area contributed by atoms with Crippen LogP contribution in [0.3, 0.4) is 0 Å². The van der Waals surface area contributed by atoms with E-state index in [0.29, 0.717) is 19.7 Å². The Labute approximate surface area is 158 Å². The van der Waals surface area contributed by atoms with Crippen LogP contribution in [-0.2, 0) is 16.1 Å². The molecule has 1 N–H and O–H groups in total.